The van der Waals surface area contributed by atoms with E-state index in [2.05, 4.69) is 127 Å². The summed E-state index contributed by atoms with van der Waals surface area (Å²) in [6.45, 7) is 0. The Morgan fingerprint density at radius 1 is 0.561 bits per heavy atom. The van der Waals surface area contributed by atoms with Crippen LogP contribution in [0, 0.1) is 0 Å². The van der Waals surface area contributed by atoms with Gasteiger partial charge in [-0.05, 0) is 69.8 Å². The van der Waals surface area contributed by atoms with E-state index < -0.39 is 7.92 Å². The summed E-state index contributed by atoms with van der Waals surface area (Å²) < 4.78 is 13.8. The molecule has 0 bridgehead atoms. The first-order valence-corrected chi connectivity index (χ1v) is 15.5. The Morgan fingerprint density at radius 3 is 1.83 bits per heavy atom. The van der Waals surface area contributed by atoms with E-state index in [9.17, 15) is 0 Å². The Kier molecular flexibility index (Phi) is 5.03. The standard InChI is InChI=1S/C38H25O2P/c1-3-12-24(13-4-1)34-28-18-9-7-16-26(28)22-32-36(34)39-30-20-11-21-31-38(30)41(32)33-23-27-17-8-10-19-29(27)35(37(33)40-31)25-14-5-2-6-15-25/h1,3-5,7-23H,2,6H2. The highest BCUT2D eigenvalue weighted by molar-refractivity contribution is 7.80. The van der Waals surface area contributed by atoms with Crippen molar-refractivity contribution in [2.45, 2.75) is 12.8 Å². The molecule has 1 atom stereocenters. The summed E-state index contributed by atoms with van der Waals surface area (Å²) in [6.07, 6.45) is 9.04. The van der Waals surface area contributed by atoms with Gasteiger partial charge in [-0.1, -0.05) is 103 Å². The van der Waals surface area contributed by atoms with Gasteiger partial charge in [0.15, 0.2) is 0 Å². The van der Waals surface area contributed by atoms with Crippen molar-refractivity contribution >= 4 is 51.0 Å². The van der Waals surface area contributed by atoms with Crippen molar-refractivity contribution in [3.63, 3.8) is 0 Å². The van der Waals surface area contributed by atoms with Gasteiger partial charge in [0.05, 0.1) is 5.30 Å². The zero-order valence-electron chi connectivity index (χ0n) is 22.3. The van der Waals surface area contributed by atoms with Crippen molar-refractivity contribution in [3.8, 4) is 34.1 Å². The van der Waals surface area contributed by atoms with Crippen molar-refractivity contribution in [1.82, 2.24) is 0 Å². The number of ether oxygens (including phenoxy) is 2. The number of benzene rings is 6. The molecular formula is C38H25O2P. The molecule has 0 saturated heterocycles. The van der Waals surface area contributed by atoms with Gasteiger partial charge in [-0.25, -0.2) is 0 Å². The lowest BCUT2D eigenvalue weighted by Gasteiger charge is -2.37. The lowest BCUT2D eigenvalue weighted by atomic mass is 9.93. The first kappa shape index (κ1) is 23.1. The van der Waals surface area contributed by atoms with Gasteiger partial charge in [-0.15, -0.1) is 0 Å². The average molecular weight is 545 g/mol. The molecule has 194 valence electrons. The summed E-state index contributed by atoms with van der Waals surface area (Å²) in [5, 5.41) is 8.58. The molecule has 2 aliphatic heterocycles. The van der Waals surface area contributed by atoms with E-state index in [1.807, 2.05) is 0 Å². The molecule has 0 amide bonds. The van der Waals surface area contributed by atoms with Gasteiger partial charge in [0.1, 0.15) is 23.0 Å². The molecule has 6 aromatic carbocycles. The molecule has 0 radical (unpaired) electrons. The quantitative estimate of drug-likeness (QED) is 0.202. The summed E-state index contributed by atoms with van der Waals surface area (Å²) in [5.41, 5.74) is 4.77. The molecule has 2 nitrogen and oxygen atoms in total. The first-order valence-electron chi connectivity index (χ1n) is 14.2. The summed E-state index contributed by atoms with van der Waals surface area (Å²) >= 11 is 0. The zero-order chi connectivity index (χ0) is 26.9. The molecule has 3 heteroatoms. The van der Waals surface area contributed by atoms with Gasteiger partial charge in [0.2, 0.25) is 0 Å². The number of allylic oxidation sites excluding steroid dienone is 4. The fourth-order valence-electron chi connectivity index (χ4n) is 6.62. The van der Waals surface area contributed by atoms with Crippen molar-refractivity contribution in [2.75, 3.05) is 0 Å². The lowest BCUT2D eigenvalue weighted by molar-refractivity contribution is 0.467. The Labute approximate surface area is 239 Å². The molecule has 6 aromatic rings. The van der Waals surface area contributed by atoms with Gasteiger partial charge in [-0.3, -0.25) is 0 Å². The Bertz CT molecular complexity index is 2110. The third-order valence-corrected chi connectivity index (χ3v) is 10.9. The third kappa shape index (κ3) is 3.41. The topological polar surface area (TPSA) is 18.5 Å². The SMILES string of the molecule is C1=CC(c2c3c(cc4ccccc24)P2c4cc5ccccc5c(-c5ccccc5)c4Oc4cccc(c42)O3)=CCC1. The maximum atomic E-state index is 6.90. The van der Waals surface area contributed by atoms with Crippen LogP contribution in [0.15, 0.2) is 127 Å². The van der Waals surface area contributed by atoms with E-state index in [0.29, 0.717) is 0 Å². The lowest BCUT2D eigenvalue weighted by Crippen LogP contribution is -2.32. The zero-order valence-corrected chi connectivity index (χ0v) is 23.2. The van der Waals surface area contributed by atoms with Crippen LogP contribution in [0.2, 0.25) is 0 Å². The summed E-state index contributed by atoms with van der Waals surface area (Å²) in [6, 6.07) is 39.1. The maximum absolute atomic E-state index is 6.90. The minimum Gasteiger partial charge on any atom is -0.455 e. The van der Waals surface area contributed by atoms with Crippen LogP contribution < -0.4 is 25.4 Å². The Morgan fingerprint density at radius 2 is 1.17 bits per heavy atom. The molecule has 0 aromatic heterocycles. The highest BCUT2D eigenvalue weighted by Gasteiger charge is 2.40. The van der Waals surface area contributed by atoms with E-state index in [-0.39, 0.29) is 0 Å². The molecule has 41 heavy (non-hydrogen) atoms. The van der Waals surface area contributed by atoms with Crippen LogP contribution in [0.4, 0.5) is 0 Å². The van der Waals surface area contributed by atoms with Crippen LogP contribution in [0.25, 0.3) is 38.2 Å². The van der Waals surface area contributed by atoms with E-state index in [1.165, 1.54) is 54.2 Å². The third-order valence-electron chi connectivity index (χ3n) is 8.40. The Hall–Kier alpha value is -4.65. The number of hydrogen-bond donors (Lipinski definition) is 0. The largest absolute Gasteiger partial charge is 0.455 e. The maximum Gasteiger partial charge on any atom is 0.144 e. The molecular weight excluding hydrogens is 519 g/mol. The van der Waals surface area contributed by atoms with Gasteiger partial charge < -0.3 is 9.47 Å². The highest BCUT2D eigenvalue weighted by Crippen LogP contribution is 2.57. The number of rotatable bonds is 2. The molecule has 1 aliphatic carbocycles. The minimum atomic E-state index is -0.943. The van der Waals surface area contributed by atoms with Crippen molar-refractivity contribution in [2.24, 2.45) is 0 Å². The predicted octanol–water partition coefficient (Wildman–Crippen LogP) is 9.36. The minimum absolute atomic E-state index is 0.894. The van der Waals surface area contributed by atoms with Gasteiger partial charge in [0.25, 0.3) is 0 Å². The van der Waals surface area contributed by atoms with Crippen LogP contribution in [0.3, 0.4) is 0 Å². The van der Waals surface area contributed by atoms with E-state index >= 15 is 0 Å². The molecule has 0 saturated carbocycles. The van der Waals surface area contributed by atoms with E-state index in [4.69, 9.17) is 9.47 Å². The number of hydrogen-bond acceptors (Lipinski definition) is 2. The normalized spacial score (nSPS) is 16.3. The fourth-order valence-corrected chi connectivity index (χ4v) is 9.30. The predicted molar refractivity (Wildman–Crippen MR) is 172 cm³/mol. The van der Waals surface area contributed by atoms with Crippen LogP contribution >= 0.6 is 7.92 Å². The molecule has 0 N–H and O–H groups in total. The number of fused-ring (bicyclic) bond motifs is 6. The van der Waals surface area contributed by atoms with Crippen molar-refractivity contribution in [3.05, 3.63) is 133 Å². The molecule has 3 aliphatic rings. The fraction of sp³-hybridized carbons (Fsp3) is 0.0526. The van der Waals surface area contributed by atoms with Crippen LogP contribution in [-0.2, 0) is 0 Å². The van der Waals surface area contributed by atoms with Gasteiger partial charge in [-0.2, -0.15) is 0 Å². The van der Waals surface area contributed by atoms with Gasteiger partial charge in [0, 0.05) is 29.7 Å². The second-order valence-corrected chi connectivity index (χ2v) is 12.9. The molecule has 9 rings (SSSR count). The van der Waals surface area contributed by atoms with Crippen LogP contribution in [0.5, 0.6) is 23.0 Å². The molecule has 2 heterocycles. The van der Waals surface area contributed by atoms with Crippen molar-refractivity contribution in [1.29, 1.82) is 0 Å². The van der Waals surface area contributed by atoms with Crippen LogP contribution in [0.1, 0.15) is 18.4 Å². The van der Waals surface area contributed by atoms with Gasteiger partial charge >= 0.3 is 0 Å². The average Bonchev–Trinajstić information content (AvgIpc) is 3.03. The van der Waals surface area contributed by atoms with Crippen molar-refractivity contribution < 1.29 is 9.47 Å². The second-order valence-electron chi connectivity index (χ2n) is 10.8. The van der Waals surface area contributed by atoms with Crippen LogP contribution in [-0.4, -0.2) is 0 Å². The second kappa shape index (κ2) is 8.93. The molecule has 1 unspecified atom stereocenters. The van der Waals surface area contributed by atoms with E-state index in [0.717, 1.165) is 41.4 Å². The summed E-state index contributed by atoms with van der Waals surface area (Å²) in [4.78, 5) is 0. The first-order chi connectivity index (χ1) is 20.3. The highest BCUT2D eigenvalue weighted by atomic mass is 31.1. The molecule has 0 spiro atoms. The Balaban J connectivity index is 1.41. The summed E-state index contributed by atoms with van der Waals surface area (Å²) in [7, 11) is -0.943. The summed E-state index contributed by atoms with van der Waals surface area (Å²) in [5.74, 6) is 3.74. The monoisotopic (exact) mass is 544 g/mol. The molecule has 0 fully saturated rings. The van der Waals surface area contributed by atoms with E-state index in [1.54, 1.807) is 0 Å². The smallest absolute Gasteiger partial charge is 0.144 e.